The van der Waals surface area contributed by atoms with Crippen molar-refractivity contribution in [2.45, 2.75) is 17.7 Å². The molecule has 2 aliphatic rings. The number of rotatable bonds is 3. The predicted molar refractivity (Wildman–Crippen MR) is 105 cm³/mol. The Kier molecular flexibility index (Phi) is 4.96. The van der Waals surface area contributed by atoms with Gasteiger partial charge in [0.05, 0.1) is 29.7 Å². The van der Waals surface area contributed by atoms with Gasteiger partial charge in [-0.2, -0.15) is 4.99 Å². The molecule has 2 saturated heterocycles. The van der Waals surface area contributed by atoms with Crippen LogP contribution in [-0.4, -0.2) is 42.3 Å². The summed E-state index contributed by atoms with van der Waals surface area (Å²) in [4.78, 5) is 18.0. The molecule has 0 spiro atoms. The van der Waals surface area contributed by atoms with Crippen molar-refractivity contribution in [3.05, 3.63) is 65.7 Å². The number of hydrogen-bond donors (Lipinski definition) is 0. The van der Waals surface area contributed by atoms with Crippen molar-refractivity contribution in [2.24, 2.45) is 4.99 Å². The van der Waals surface area contributed by atoms with Crippen molar-refractivity contribution in [2.75, 3.05) is 16.4 Å². The summed E-state index contributed by atoms with van der Waals surface area (Å²) < 4.78 is 51.8. The molecule has 2 aliphatic heterocycles. The lowest BCUT2D eigenvalue weighted by Gasteiger charge is -2.24. The van der Waals surface area contributed by atoms with Crippen molar-refractivity contribution in [3.8, 4) is 0 Å². The van der Waals surface area contributed by atoms with Crippen LogP contribution in [0.1, 0.15) is 5.56 Å². The van der Waals surface area contributed by atoms with Gasteiger partial charge in [-0.25, -0.2) is 17.2 Å². The first kappa shape index (κ1) is 19.1. The fourth-order valence-corrected chi connectivity index (χ4v) is 7.36. The molecule has 0 radical (unpaired) electrons. The second-order valence-corrected chi connectivity index (χ2v) is 10.1. The summed E-state index contributed by atoms with van der Waals surface area (Å²) in [5.74, 6) is -2.19. The van der Waals surface area contributed by atoms with E-state index in [-0.39, 0.29) is 34.0 Å². The highest BCUT2D eigenvalue weighted by Crippen LogP contribution is 2.41. The number of carbonyl (C=O) groups excluding carboxylic acids is 1. The van der Waals surface area contributed by atoms with E-state index in [1.54, 1.807) is 12.1 Å². The molecule has 1 amide bonds. The summed E-state index contributed by atoms with van der Waals surface area (Å²) in [7, 11) is -3.27. The minimum Gasteiger partial charge on any atom is -0.313 e. The fourth-order valence-electron chi connectivity index (χ4n) is 3.44. The van der Waals surface area contributed by atoms with E-state index < -0.39 is 33.4 Å². The van der Waals surface area contributed by atoms with Gasteiger partial charge < -0.3 is 4.90 Å². The molecule has 0 bridgehead atoms. The number of carbonyl (C=O) groups is 1. The number of anilines is 1. The molecule has 5 nitrogen and oxygen atoms in total. The largest absolute Gasteiger partial charge is 0.313 e. The third-order valence-electron chi connectivity index (χ3n) is 4.65. The van der Waals surface area contributed by atoms with Crippen LogP contribution in [-0.2, 0) is 21.1 Å². The lowest BCUT2D eigenvalue weighted by Crippen LogP contribution is -2.38. The Labute approximate surface area is 165 Å². The molecule has 0 aromatic heterocycles. The van der Waals surface area contributed by atoms with Crippen LogP contribution in [0.25, 0.3) is 0 Å². The lowest BCUT2D eigenvalue weighted by molar-refractivity contribution is -0.117. The zero-order valence-corrected chi connectivity index (χ0v) is 16.2. The SMILES string of the molecule is O=C(Cc1ccccc1)N=C1S[C@H]2CS(=O)(=O)C[C@H]2N1c1ccc(F)cc1F. The van der Waals surface area contributed by atoms with E-state index in [4.69, 9.17) is 0 Å². The first-order valence-corrected chi connectivity index (χ1v) is 11.3. The average molecular weight is 422 g/mol. The molecule has 0 N–H and O–H groups in total. The number of amides is 1. The number of nitrogens with zero attached hydrogens (tertiary/aromatic N) is 2. The van der Waals surface area contributed by atoms with E-state index in [0.29, 0.717) is 0 Å². The Hall–Kier alpha value is -2.26. The van der Waals surface area contributed by atoms with Crippen molar-refractivity contribution in [1.29, 1.82) is 0 Å². The molecule has 146 valence electrons. The molecule has 2 heterocycles. The van der Waals surface area contributed by atoms with Crippen LogP contribution in [0.5, 0.6) is 0 Å². The zero-order chi connectivity index (χ0) is 19.9. The third kappa shape index (κ3) is 3.81. The molecule has 2 aromatic carbocycles. The molecule has 2 atom stereocenters. The van der Waals surface area contributed by atoms with Gasteiger partial charge in [0.25, 0.3) is 5.91 Å². The van der Waals surface area contributed by atoms with E-state index in [1.807, 2.05) is 18.2 Å². The molecule has 9 heteroatoms. The van der Waals surface area contributed by atoms with Gasteiger partial charge in [-0.3, -0.25) is 4.79 Å². The van der Waals surface area contributed by atoms with Gasteiger partial charge >= 0.3 is 0 Å². The van der Waals surface area contributed by atoms with Crippen molar-refractivity contribution < 1.29 is 22.0 Å². The van der Waals surface area contributed by atoms with Gasteiger partial charge in [-0.1, -0.05) is 42.1 Å². The van der Waals surface area contributed by atoms with Crippen molar-refractivity contribution in [1.82, 2.24) is 0 Å². The standard InChI is InChI=1S/C19H16F2N2O3S2/c20-13-6-7-15(14(21)9-13)23-16-10-28(25,26)11-17(16)27-19(23)22-18(24)8-12-4-2-1-3-5-12/h1-7,9,16-17H,8,10-11H2/t16-,17+/m1/s1. The summed E-state index contributed by atoms with van der Waals surface area (Å²) in [6.07, 6.45) is 0.0816. The summed E-state index contributed by atoms with van der Waals surface area (Å²) in [5, 5.41) is -0.103. The number of amidine groups is 1. The first-order chi connectivity index (χ1) is 13.3. The van der Waals surface area contributed by atoms with E-state index in [2.05, 4.69) is 4.99 Å². The molecular formula is C19H16F2N2O3S2. The van der Waals surface area contributed by atoms with Crippen LogP contribution < -0.4 is 4.90 Å². The highest BCUT2D eigenvalue weighted by atomic mass is 32.2. The Bertz CT molecular complexity index is 1060. The maximum Gasteiger partial charge on any atom is 0.252 e. The number of aliphatic imine (C=N–C) groups is 1. The molecule has 0 unspecified atom stereocenters. The van der Waals surface area contributed by atoms with Crippen LogP contribution in [0, 0.1) is 11.6 Å². The van der Waals surface area contributed by atoms with Crippen LogP contribution in [0.15, 0.2) is 53.5 Å². The maximum atomic E-state index is 14.4. The summed E-state index contributed by atoms with van der Waals surface area (Å²) in [6.45, 7) is 0. The Morgan fingerprint density at radius 3 is 2.61 bits per heavy atom. The van der Waals surface area contributed by atoms with E-state index in [0.717, 1.165) is 29.5 Å². The highest BCUT2D eigenvalue weighted by Gasteiger charge is 2.50. The Balaban J connectivity index is 1.68. The quantitative estimate of drug-likeness (QED) is 0.761. The number of sulfone groups is 1. The number of thioether (sulfide) groups is 1. The van der Waals surface area contributed by atoms with Crippen LogP contribution in [0.4, 0.5) is 14.5 Å². The first-order valence-electron chi connectivity index (χ1n) is 8.59. The van der Waals surface area contributed by atoms with E-state index in [1.165, 1.54) is 11.0 Å². The summed E-state index contributed by atoms with van der Waals surface area (Å²) in [5.41, 5.74) is 0.812. The topological polar surface area (TPSA) is 66.8 Å². The number of fused-ring (bicyclic) bond motifs is 1. The normalized spacial score (nSPS) is 24.5. The zero-order valence-electron chi connectivity index (χ0n) is 14.6. The maximum absolute atomic E-state index is 14.4. The minimum atomic E-state index is -3.27. The second kappa shape index (κ2) is 7.29. The number of benzene rings is 2. The van der Waals surface area contributed by atoms with Gasteiger partial charge in [-0.15, -0.1) is 0 Å². The Morgan fingerprint density at radius 2 is 1.89 bits per heavy atom. The van der Waals surface area contributed by atoms with Gasteiger partial charge in [0.15, 0.2) is 15.0 Å². The molecule has 2 aromatic rings. The molecule has 0 aliphatic carbocycles. The number of hydrogen-bond acceptors (Lipinski definition) is 4. The second-order valence-electron chi connectivity index (χ2n) is 6.72. The highest BCUT2D eigenvalue weighted by molar-refractivity contribution is 8.16. The van der Waals surface area contributed by atoms with Crippen LogP contribution >= 0.6 is 11.8 Å². The minimum absolute atomic E-state index is 0.0183. The van der Waals surface area contributed by atoms with Gasteiger partial charge in [-0.05, 0) is 17.7 Å². The predicted octanol–water partition coefficient (Wildman–Crippen LogP) is 2.81. The third-order valence-corrected chi connectivity index (χ3v) is 7.86. The fraction of sp³-hybridized carbons (Fsp3) is 0.263. The van der Waals surface area contributed by atoms with E-state index >= 15 is 0 Å². The van der Waals surface area contributed by atoms with Crippen molar-refractivity contribution >= 4 is 38.4 Å². The van der Waals surface area contributed by atoms with Crippen LogP contribution in [0.3, 0.4) is 0 Å². The van der Waals surface area contributed by atoms with Crippen molar-refractivity contribution in [3.63, 3.8) is 0 Å². The lowest BCUT2D eigenvalue weighted by atomic mass is 10.1. The smallest absolute Gasteiger partial charge is 0.252 e. The van der Waals surface area contributed by atoms with E-state index in [9.17, 15) is 22.0 Å². The number of halogens is 2. The average Bonchev–Trinajstić information content (AvgIpc) is 3.07. The van der Waals surface area contributed by atoms with Gasteiger partial charge in [0.2, 0.25) is 0 Å². The monoisotopic (exact) mass is 422 g/mol. The van der Waals surface area contributed by atoms with Gasteiger partial charge in [0, 0.05) is 11.3 Å². The molecular weight excluding hydrogens is 406 g/mol. The van der Waals surface area contributed by atoms with Gasteiger partial charge in [0.1, 0.15) is 11.6 Å². The van der Waals surface area contributed by atoms with Crippen LogP contribution in [0.2, 0.25) is 0 Å². The molecule has 0 saturated carbocycles. The summed E-state index contributed by atoms with van der Waals surface area (Å²) >= 11 is 1.15. The Morgan fingerprint density at radius 1 is 1.14 bits per heavy atom. The molecule has 28 heavy (non-hydrogen) atoms. The summed E-state index contributed by atoms with van der Waals surface area (Å²) in [6, 6.07) is 11.6. The molecule has 2 fully saturated rings. The molecule has 4 rings (SSSR count).